The van der Waals surface area contributed by atoms with Crippen molar-refractivity contribution >= 4 is 58.6 Å². The van der Waals surface area contributed by atoms with Gasteiger partial charge in [0.25, 0.3) is 0 Å². The second kappa shape index (κ2) is 7.64. The van der Waals surface area contributed by atoms with E-state index in [4.69, 9.17) is 39.5 Å². The van der Waals surface area contributed by atoms with E-state index >= 15 is 0 Å². The first-order valence-electron chi connectivity index (χ1n) is 5.98. The lowest BCUT2D eigenvalue weighted by Gasteiger charge is -2.26. The molecule has 5 nitrogen and oxygen atoms in total. The number of carbonyl (C=O) groups excluding carboxylic acids is 1. The van der Waals surface area contributed by atoms with Gasteiger partial charge >= 0.3 is 12.1 Å². The molecule has 0 aliphatic heterocycles. The number of amides is 1. The van der Waals surface area contributed by atoms with Crippen LogP contribution in [-0.4, -0.2) is 33.8 Å². The van der Waals surface area contributed by atoms with Crippen LogP contribution in [0.25, 0.3) is 0 Å². The van der Waals surface area contributed by atoms with Crippen LogP contribution in [0.15, 0.2) is 29.2 Å². The SMILES string of the molecule is CSc1ccc([C@](C)(NC(=O)OCC(Cl)(Cl)Cl)C(=O)O)cc1. The molecule has 9 heteroatoms. The number of ether oxygens (including phenoxy) is 1. The van der Waals surface area contributed by atoms with Gasteiger partial charge in [-0.1, -0.05) is 46.9 Å². The summed E-state index contributed by atoms with van der Waals surface area (Å²) < 4.78 is 2.94. The Morgan fingerprint density at radius 3 is 2.23 bits per heavy atom. The standard InChI is InChI=1S/C13H14Cl3NO4S/c1-12(10(18)19,8-3-5-9(22-2)6-4-8)17-11(20)21-7-13(14,15)16/h3-6H,7H2,1-2H3,(H,17,20)(H,18,19)/t12-/m0/s1. The Kier molecular flexibility index (Phi) is 6.67. The lowest BCUT2D eigenvalue weighted by molar-refractivity contribution is -0.144. The Labute approximate surface area is 147 Å². The van der Waals surface area contributed by atoms with E-state index in [1.807, 2.05) is 6.26 Å². The fraction of sp³-hybridized carbons (Fsp3) is 0.385. The van der Waals surface area contributed by atoms with Crippen LogP contribution in [0, 0.1) is 0 Å². The van der Waals surface area contributed by atoms with Gasteiger partial charge in [-0.3, -0.25) is 0 Å². The number of thioether (sulfide) groups is 1. The molecule has 1 rings (SSSR count). The van der Waals surface area contributed by atoms with Crippen molar-refractivity contribution in [2.24, 2.45) is 0 Å². The van der Waals surface area contributed by atoms with Crippen LogP contribution in [0.3, 0.4) is 0 Å². The average Bonchev–Trinajstić information content (AvgIpc) is 2.44. The van der Waals surface area contributed by atoms with Crippen LogP contribution in [0.2, 0.25) is 0 Å². The molecule has 0 saturated heterocycles. The number of carbonyl (C=O) groups is 2. The topological polar surface area (TPSA) is 75.6 Å². The number of carboxylic acid groups (broad SMARTS) is 1. The van der Waals surface area contributed by atoms with Gasteiger partial charge in [0.05, 0.1) is 0 Å². The van der Waals surface area contributed by atoms with E-state index < -0.39 is 28.0 Å². The summed E-state index contributed by atoms with van der Waals surface area (Å²) in [5.74, 6) is -1.24. The highest BCUT2D eigenvalue weighted by Crippen LogP contribution is 2.27. The molecule has 0 aliphatic carbocycles. The van der Waals surface area contributed by atoms with Crippen LogP contribution in [-0.2, 0) is 15.1 Å². The van der Waals surface area contributed by atoms with E-state index in [0.29, 0.717) is 5.56 Å². The molecule has 0 spiro atoms. The molecule has 22 heavy (non-hydrogen) atoms. The quantitative estimate of drug-likeness (QED) is 0.594. The summed E-state index contributed by atoms with van der Waals surface area (Å²) in [6, 6.07) is 6.76. The fourth-order valence-electron chi connectivity index (χ4n) is 1.56. The number of alkyl carbamates (subject to hydrolysis) is 1. The predicted octanol–water partition coefficient (Wildman–Crippen LogP) is 3.80. The van der Waals surface area contributed by atoms with Gasteiger partial charge in [-0.2, -0.15) is 0 Å². The maximum absolute atomic E-state index is 11.7. The molecule has 0 fully saturated rings. The summed E-state index contributed by atoms with van der Waals surface area (Å²) in [4.78, 5) is 24.3. The Hall–Kier alpha value is -0.820. The summed E-state index contributed by atoms with van der Waals surface area (Å²) in [6.45, 7) is 0.852. The van der Waals surface area contributed by atoms with E-state index in [2.05, 4.69) is 5.32 Å². The number of aliphatic carboxylic acids is 1. The summed E-state index contributed by atoms with van der Waals surface area (Å²) in [5.41, 5.74) is -1.27. The van der Waals surface area contributed by atoms with Crippen molar-refractivity contribution in [2.45, 2.75) is 21.2 Å². The van der Waals surface area contributed by atoms with Crippen LogP contribution in [0.5, 0.6) is 0 Å². The largest absolute Gasteiger partial charge is 0.479 e. The minimum atomic E-state index is -1.77. The zero-order valence-electron chi connectivity index (χ0n) is 11.7. The number of hydrogen-bond acceptors (Lipinski definition) is 4. The molecular formula is C13H14Cl3NO4S. The minimum Gasteiger partial charge on any atom is -0.479 e. The summed E-state index contributed by atoms with van der Waals surface area (Å²) >= 11 is 17.9. The third-order valence-electron chi connectivity index (χ3n) is 2.81. The fourth-order valence-corrected chi connectivity index (χ4v) is 2.13. The van der Waals surface area contributed by atoms with Gasteiger partial charge in [-0.05, 0) is 30.9 Å². The van der Waals surface area contributed by atoms with Crippen LogP contribution in [0.4, 0.5) is 4.79 Å². The van der Waals surface area contributed by atoms with E-state index in [0.717, 1.165) is 4.90 Å². The molecule has 0 aliphatic rings. The predicted molar refractivity (Wildman–Crippen MR) is 88.0 cm³/mol. The minimum absolute atomic E-state index is 0.392. The monoisotopic (exact) mass is 385 g/mol. The molecular weight excluding hydrogens is 373 g/mol. The third kappa shape index (κ3) is 5.43. The van der Waals surface area contributed by atoms with Gasteiger partial charge in [0, 0.05) is 4.90 Å². The van der Waals surface area contributed by atoms with E-state index in [1.165, 1.54) is 18.7 Å². The van der Waals surface area contributed by atoms with Gasteiger partial charge in [-0.15, -0.1) is 11.8 Å². The highest BCUT2D eigenvalue weighted by Gasteiger charge is 2.38. The van der Waals surface area contributed by atoms with E-state index in [9.17, 15) is 14.7 Å². The van der Waals surface area contributed by atoms with E-state index in [-0.39, 0.29) is 0 Å². The zero-order chi connectivity index (χ0) is 17.0. The number of alkyl halides is 3. The number of carboxylic acids is 1. The molecule has 122 valence electrons. The Morgan fingerprint density at radius 1 is 1.27 bits per heavy atom. The maximum Gasteiger partial charge on any atom is 0.408 e. The van der Waals surface area contributed by atoms with Crippen molar-refractivity contribution in [3.63, 3.8) is 0 Å². The van der Waals surface area contributed by atoms with Gasteiger partial charge in [-0.25, -0.2) is 9.59 Å². The first-order valence-corrected chi connectivity index (χ1v) is 8.34. The number of nitrogens with one attached hydrogen (secondary N) is 1. The number of halogens is 3. The zero-order valence-corrected chi connectivity index (χ0v) is 14.8. The molecule has 1 amide bonds. The van der Waals surface area contributed by atoms with Gasteiger partial charge in [0.2, 0.25) is 3.79 Å². The number of rotatable bonds is 5. The smallest absolute Gasteiger partial charge is 0.408 e. The van der Waals surface area contributed by atoms with Crippen LogP contribution < -0.4 is 5.32 Å². The van der Waals surface area contributed by atoms with Crippen molar-refractivity contribution in [1.82, 2.24) is 5.32 Å². The molecule has 0 aromatic heterocycles. The molecule has 0 heterocycles. The van der Waals surface area contributed by atoms with Gasteiger partial charge in [0.1, 0.15) is 6.61 Å². The lowest BCUT2D eigenvalue weighted by Crippen LogP contribution is -2.50. The van der Waals surface area contributed by atoms with E-state index in [1.54, 1.807) is 24.3 Å². The first-order chi connectivity index (χ1) is 10.1. The molecule has 1 aromatic carbocycles. The number of hydrogen-bond donors (Lipinski definition) is 2. The second-order valence-corrected chi connectivity index (χ2v) is 7.87. The second-order valence-electron chi connectivity index (χ2n) is 4.47. The Balaban J connectivity index is 2.91. The van der Waals surface area contributed by atoms with Crippen molar-refractivity contribution in [3.05, 3.63) is 29.8 Å². The molecule has 1 atom stereocenters. The van der Waals surface area contributed by atoms with Crippen molar-refractivity contribution < 1.29 is 19.4 Å². The highest BCUT2D eigenvalue weighted by molar-refractivity contribution is 7.98. The molecule has 0 radical (unpaired) electrons. The maximum atomic E-state index is 11.7. The van der Waals surface area contributed by atoms with Crippen LogP contribution in [0.1, 0.15) is 12.5 Å². The third-order valence-corrected chi connectivity index (χ3v) is 3.88. The molecule has 2 N–H and O–H groups in total. The van der Waals surface area contributed by atoms with Gasteiger partial charge in [0.15, 0.2) is 5.54 Å². The summed E-state index contributed by atoms with van der Waals surface area (Å²) in [5, 5.41) is 11.7. The van der Waals surface area contributed by atoms with Crippen LogP contribution >= 0.6 is 46.6 Å². The highest BCUT2D eigenvalue weighted by atomic mass is 35.6. The normalized spacial score (nSPS) is 14.0. The van der Waals surface area contributed by atoms with Crippen molar-refractivity contribution in [1.29, 1.82) is 0 Å². The summed E-state index contributed by atoms with van der Waals surface area (Å²) in [6.07, 6.45) is 0.905. The lowest BCUT2D eigenvalue weighted by atomic mass is 9.92. The first kappa shape index (κ1) is 19.2. The molecule has 0 bridgehead atoms. The molecule has 1 aromatic rings. The molecule has 0 unspecified atom stereocenters. The number of benzene rings is 1. The Bertz CT molecular complexity index is 547. The van der Waals surface area contributed by atoms with Crippen molar-refractivity contribution in [2.75, 3.05) is 12.9 Å². The summed E-state index contributed by atoms with van der Waals surface area (Å²) in [7, 11) is 0. The van der Waals surface area contributed by atoms with Crippen molar-refractivity contribution in [3.8, 4) is 0 Å². The molecule has 0 saturated carbocycles. The average molecular weight is 387 g/mol. The van der Waals surface area contributed by atoms with Gasteiger partial charge < -0.3 is 15.2 Å². The Morgan fingerprint density at radius 2 is 1.82 bits per heavy atom.